The number of rotatable bonds is 5. The fourth-order valence-corrected chi connectivity index (χ4v) is 1.27. The average Bonchev–Trinajstić information content (AvgIpc) is 2.34. The number of anilines is 1. The standard InChI is InChI=1S/C15H15NO2/c1-3-6-12(4-2)9-10-15(18)16-13-7-5-8-14(17)11-13/h3-11,17H,1-2H2,(H,16,18)/b10-9+,12-6+. The van der Waals surface area contributed by atoms with Crippen LogP contribution in [0, 0.1) is 0 Å². The molecule has 0 saturated carbocycles. The predicted molar refractivity (Wildman–Crippen MR) is 74.4 cm³/mol. The van der Waals surface area contributed by atoms with Crippen molar-refractivity contribution in [2.45, 2.75) is 0 Å². The van der Waals surface area contributed by atoms with Gasteiger partial charge in [0.25, 0.3) is 0 Å². The molecule has 1 rings (SSSR count). The van der Waals surface area contributed by atoms with Crippen LogP contribution in [0.15, 0.2) is 73.4 Å². The molecule has 3 heteroatoms. The van der Waals surface area contributed by atoms with Crippen LogP contribution >= 0.6 is 0 Å². The fraction of sp³-hybridized carbons (Fsp3) is 0. The van der Waals surface area contributed by atoms with Crippen molar-refractivity contribution in [2.75, 3.05) is 5.32 Å². The first-order valence-corrected chi connectivity index (χ1v) is 5.39. The van der Waals surface area contributed by atoms with Crippen LogP contribution in [0.5, 0.6) is 5.75 Å². The number of hydrogen-bond donors (Lipinski definition) is 2. The highest BCUT2D eigenvalue weighted by Crippen LogP contribution is 2.15. The Hall–Kier alpha value is -2.55. The third-order valence-electron chi connectivity index (χ3n) is 2.09. The van der Waals surface area contributed by atoms with Crippen molar-refractivity contribution in [3.8, 4) is 5.75 Å². The van der Waals surface area contributed by atoms with Crippen molar-refractivity contribution in [2.24, 2.45) is 0 Å². The molecule has 0 aliphatic heterocycles. The Balaban J connectivity index is 2.67. The third kappa shape index (κ3) is 4.53. The number of benzene rings is 1. The van der Waals surface area contributed by atoms with Crippen LogP contribution in [0.2, 0.25) is 0 Å². The van der Waals surface area contributed by atoms with Gasteiger partial charge in [-0.25, -0.2) is 0 Å². The van der Waals surface area contributed by atoms with E-state index in [1.807, 2.05) is 0 Å². The number of hydrogen-bond acceptors (Lipinski definition) is 2. The number of carbonyl (C=O) groups excluding carboxylic acids is 1. The first-order chi connectivity index (χ1) is 8.65. The van der Waals surface area contributed by atoms with Gasteiger partial charge >= 0.3 is 0 Å². The predicted octanol–water partition coefficient (Wildman–Crippen LogP) is 3.19. The Morgan fingerprint density at radius 2 is 2.06 bits per heavy atom. The number of carbonyl (C=O) groups is 1. The van der Waals surface area contributed by atoms with Crippen LogP contribution in [-0.4, -0.2) is 11.0 Å². The number of phenols is 1. The molecule has 1 aromatic rings. The lowest BCUT2D eigenvalue weighted by Gasteiger charge is -2.02. The molecule has 3 nitrogen and oxygen atoms in total. The lowest BCUT2D eigenvalue weighted by Crippen LogP contribution is -2.07. The summed E-state index contributed by atoms with van der Waals surface area (Å²) in [6, 6.07) is 6.36. The molecule has 0 saturated heterocycles. The van der Waals surface area contributed by atoms with E-state index in [1.165, 1.54) is 18.2 Å². The SMILES string of the molecule is C=C/C=C(C=C)/C=C/C(=O)Nc1cccc(O)c1. The van der Waals surface area contributed by atoms with Gasteiger partial charge < -0.3 is 10.4 Å². The van der Waals surface area contributed by atoms with Gasteiger partial charge in [-0.15, -0.1) is 0 Å². The Bertz CT molecular complexity index is 513. The second kappa shape index (κ2) is 6.91. The summed E-state index contributed by atoms with van der Waals surface area (Å²) in [5, 5.41) is 11.9. The number of aromatic hydroxyl groups is 1. The molecule has 0 atom stereocenters. The smallest absolute Gasteiger partial charge is 0.248 e. The maximum atomic E-state index is 11.6. The summed E-state index contributed by atoms with van der Waals surface area (Å²) in [7, 11) is 0. The molecule has 2 N–H and O–H groups in total. The van der Waals surface area contributed by atoms with Gasteiger partial charge in [0.2, 0.25) is 5.91 Å². The molecular formula is C15H15NO2. The zero-order chi connectivity index (χ0) is 13.4. The van der Waals surface area contributed by atoms with Crippen LogP contribution in [0.3, 0.4) is 0 Å². The van der Waals surface area contributed by atoms with Gasteiger partial charge in [0, 0.05) is 17.8 Å². The van der Waals surface area contributed by atoms with Gasteiger partial charge in [0.05, 0.1) is 0 Å². The van der Waals surface area contributed by atoms with Gasteiger partial charge in [0.15, 0.2) is 0 Å². The molecule has 1 amide bonds. The molecule has 92 valence electrons. The topological polar surface area (TPSA) is 49.3 Å². The second-order valence-electron chi connectivity index (χ2n) is 3.48. The van der Waals surface area contributed by atoms with Crippen molar-refractivity contribution < 1.29 is 9.90 Å². The van der Waals surface area contributed by atoms with E-state index >= 15 is 0 Å². The molecule has 0 radical (unpaired) electrons. The van der Waals surface area contributed by atoms with Gasteiger partial charge in [-0.2, -0.15) is 0 Å². The largest absolute Gasteiger partial charge is 0.508 e. The highest BCUT2D eigenvalue weighted by Gasteiger charge is 1.98. The molecule has 0 aromatic heterocycles. The highest BCUT2D eigenvalue weighted by atomic mass is 16.3. The Labute approximate surface area is 106 Å². The zero-order valence-electron chi connectivity index (χ0n) is 9.97. The maximum Gasteiger partial charge on any atom is 0.248 e. The Kier molecular flexibility index (Phi) is 5.19. The summed E-state index contributed by atoms with van der Waals surface area (Å²) in [5.41, 5.74) is 1.33. The van der Waals surface area contributed by atoms with Crippen molar-refractivity contribution >= 4 is 11.6 Å². The number of amides is 1. The lowest BCUT2D eigenvalue weighted by molar-refractivity contribution is -0.111. The van der Waals surface area contributed by atoms with Gasteiger partial charge in [-0.3, -0.25) is 4.79 Å². The molecular weight excluding hydrogens is 226 g/mol. The van der Waals surface area contributed by atoms with Crippen LogP contribution in [0.25, 0.3) is 0 Å². The fourth-order valence-electron chi connectivity index (χ4n) is 1.27. The molecule has 0 spiro atoms. The molecule has 18 heavy (non-hydrogen) atoms. The molecule has 0 bridgehead atoms. The minimum Gasteiger partial charge on any atom is -0.508 e. The van der Waals surface area contributed by atoms with Gasteiger partial charge in [0.1, 0.15) is 5.75 Å². The summed E-state index contributed by atoms with van der Waals surface area (Å²) in [4.78, 5) is 11.6. The van der Waals surface area contributed by atoms with Crippen LogP contribution in [0.4, 0.5) is 5.69 Å². The van der Waals surface area contributed by atoms with Crippen LogP contribution in [0.1, 0.15) is 0 Å². The molecule has 0 fully saturated rings. The average molecular weight is 241 g/mol. The highest BCUT2D eigenvalue weighted by molar-refractivity contribution is 5.99. The molecule has 0 aliphatic rings. The molecule has 0 heterocycles. The number of allylic oxidation sites excluding steroid dienone is 5. The first-order valence-electron chi connectivity index (χ1n) is 5.39. The van der Waals surface area contributed by atoms with E-state index in [0.717, 1.165) is 5.57 Å². The van der Waals surface area contributed by atoms with E-state index in [4.69, 9.17) is 0 Å². The Morgan fingerprint density at radius 3 is 2.67 bits per heavy atom. The molecule has 0 aliphatic carbocycles. The van der Waals surface area contributed by atoms with E-state index in [0.29, 0.717) is 5.69 Å². The zero-order valence-corrected chi connectivity index (χ0v) is 9.97. The number of phenolic OH excluding ortho intramolecular Hbond substituents is 1. The van der Waals surface area contributed by atoms with Crippen molar-refractivity contribution in [1.29, 1.82) is 0 Å². The normalized spacial score (nSPS) is 11.2. The van der Waals surface area contributed by atoms with Crippen LogP contribution in [-0.2, 0) is 4.79 Å². The number of nitrogens with one attached hydrogen (secondary N) is 1. The summed E-state index contributed by atoms with van der Waals surface area (Å²) < 4.78 is 0. The van der Waals surface area contributed by atoms with Crippen molar-refractivity contribution in [1.82, 2.24) is 0 Å². The second-order valence-corrected chi connectivity index (χ2v) is 3.48. The van der Waals surface area contributed by atoms with Gasteiger partial charge in [-0.05, 0) is 23.8 Å². The summed E-state index contributed by atoms with van der Waals surface area (Å²) in [6.07, 6.45) is 8.01. The van der Waals surface area contributed by atoms with Crippen molar-refractivity contribution in [3.63, 3.8) is 0 Å². The summed E-state index contributed by atoms with van der Waals surface area (Å²) >= 11 is 0. The quantitative estimate of drug-likeness (QED) is 0.614. The van der Waals surface area contributed by atoms with E-state index < -0.39 is 0 Å². The summed E-state index contributed by atoms with van der Waals surface area (Å²) in [6.45, 7) is 7.19. The van der Waals surface area contributed by atoms with Crippen LogP contribution < -0.4 is 5.32 Å². The van der Waals surface area contributed by atoms with E-state index in [2.05, 4.69) is 18.5 Å². The third-order valence-corrected chi connectivity index (χ3v) is 2.09. The lowest BCUT2D eigenvalue weighted by atomic mass is 10.2. The monoisotopic (exact) mass is 241 g/mol. The maximum absolute atomic E-state index is 11.6. The molecule has 1 aromatic carbocycles. The van der Waals surface area contributed by atoms with E-state index in [-0.39, 0.29) is 11.7 Å². The Morgan fingerprint density at radius 1 is 1.28 bits per heavy atom. The molecule has 0 unspecified atom stereocenters. The van der Waals surface area contributed by atoms with E-state index in [1.54, 1.807) is 36.4 Å². The van der Waals surface area contributed by atoms with Gasteiger partial charge in [-0.1, -0.05) is 37.5 Å². The first kappa shape index (κ1) is 13.5. The van der Waals surface area contributed by atoms with E-state index in [9.17, 15) is 9.90 Å². The summed E-state index contributed by atoms with van der Waals surface area (Å²) in [5.74, 6) is -0.174. The minimum atomic E-state index is -0.280. The minimum absolute atomic E-state index is 0.107. The van der Waals surface area contributed by atoms with Crippen molar-refractivity contribution in [3.05, 3.63) is 73.4 Å².